The van der Waals surface area contributed by atoms with Gasteiger partial charge < -0.3 is 5.73 Å². The minimum absolute atomic E-state index is 0.435. The first-order valence-corrected chi connectivity index (χ1v) is 5.39. The quantitative estimate of drug-likeness (QED) is 0.584. The van der Waals surface area contributed by atoms with Gasteiger partial charge in [0.15, 0.2) is 5.16 Å². The van der Waals surface area contributed by atoms with Crippen LogP contribution in [0.5, 0.6) is 0 Å². The lowest BCUT2D eigenvalue weighted by atomic mass is 10.3. The van der Waals surface area contributed by atoms with Gasteiger partial charge >= 0.3 is 0 Å². The number of hydrogen-bond donors (Lipinski definition) is 1. The second kappa shape index (κ2) is 5.50. The first kappa shape index (κ1) is 10.9. The van der Waals surface area contributed by atoms with Crippen LogP contribution in [-0.4, -0.2) is 20.5 Å². The molecule has 0 aliphatic rings. The van der Waals surface area contributed by atoms with Crippen molar-refractivity contribution in [3.8, 4) is 6.07 Å². The molecule has 0 spiro atoms. The van der Waals surface area contributed by atoms with Gasteiger partial charge in [0.05, 0.1) is 6.07 Å². The lowest BCUT2D eigenvalue weighted by Gasteiger charge is -1.99. The summed E-state index contributed by atoms with van der Waals surface area (Å²) in [6, 6.07) is 2.12. The van der Waals surface area contributed by atoms with Crippen LogP contribution < -0.4 is 5.73 Å². The van der Waals surface area contributed by atoms with E-state index in [2.05, 4.69) is 16.3 Å². The summed E-state index contributed by atoms with van der Waals surface area (Å²) in [6.45, 7) is 0. The molecule has 0 bridgehead atoms. The fourth-order valence-electron chi connectivity index (χ4n) is 0.921. The van der Waals surface area contributed by atoms with Crippen molar-refractivity contribution in [2.45, 2.75) is 24.4 Å². The maximum Gasteiger partial charge on any atom is 0.222 e. The molecule has 14 heavy (non-hydrogen) atoms. The van der Waals surface area contributed by atoms with E-state index in [0.29, 0.717) is 12.4 Å². The Labute approximate surface area is 87.3 Å². The van der Waals surface area contributed by atoms with E-state index in [9.17, 15) is 0 Å². The molecule has 1 aromatic rings. The van der Waals surface area contributed by atoms with E-state index in [1.807, 2.05) is 7.05 Å². The van der Waals surface area contributed by atoms with Crippen LogP contribution in [0.15, 0.2) is 5.16 Å². The van der Waals surface area contributed by atoms with Crippen LogP contribution in [0.2, 0.25) is 0 Å². The van der Waals surface area contributed by atoms with Crippen LogP contribution in [0.25, 0.3) is 0 Å². The summed E-state index contributed by atoms with van der Waals surface area (Å²) in [4.78, 5) is 0. The number of nitriles is 1. The number of nitrogen functional groups attached to an aromatic ring is 1. The maximum absolute atomic E-state index is 8.33. The van der Waals surface area contributed by atoms with Gasteiger partial charge in [0, 0.05) is 19.2 Å². The van der Waals surface area contributed by atoms with E-state index >= 15 is 0 Å². The van der Waals surface area contributed by atoms with Crippen molar-refractivity contribution < 1.29 is 0 Å². The van der Waals surface area contributed by atoms with Gasteiger partial charge in [-0.2, -0.15) is 5.26 Å². The zero-order valence-electron chi connectivity index (χ0n) is 8.10. The van der Waals surface area contributed by atoms with Crippen molar-refractivity contribution in [1.82, 2.24) is 14.8 Å². The molecule has 0 saturated heterocycles. The molecule has 0 amide bonds. The number of nitrogens with two attached hydrogens (primary N) is 1. The third-order valence-electron chi connectivity index (χ3n) is 1.78. The monoisotopic (exact) mass is 211 g/mol. The number of aromatic nitrogens is 3. The Bertz CT molecular complexity index is 327. The zero-order chi connectivity index (χ0) is 10.4. The minimum Gasteiger partial charge on any atom is -0.368 e. The number of nitrogens with zero attached hydrogens (tertiary/aromatic N) is 4. The molecule has 1 aromatic heterocycles. The Hall–Kier alpha value is -1.22. The lowest BCUT2D eigenvalue weighted by molar-refractivity contribution is 0.787. The van der Waals surface area contributed by atoms with Crippen LogP contribution in [-0.2, 0) is 7.05 Å². The minimum atomic E-state index is 0.435. The topological polar surface area (TPSA) is 80.5 Å². The Morgan fingerprint density at radius 2 is 2.29 bits per heavy atom. The molecule has 2 N–H and O–H groups in total. The van der Waals surface area contributed by atoms with Crippen LogP contribution in [0.1, 0.15) is 19.3 Å². The van der Waals surface area contributed by atoms with Crippen molar-refractivity contribution in [3.63, 3.8) is 0 Å². The molecule has 0 radical (unpaired) electrons. The second-order valence-electron chi connectivity index (χ2n) is 2.86. The number of unbranched alkanes of at least 4 members (excludes halogenated alkanes) is 2. The van der Waals surface area contributed by atoms with E-state index in [-0.39, 0.29) is 0 Å². The second-order valence-corrected chi connectivity index (χ2v) is 3.93. The average Bonchev–Trinajstić information content (AvgIpc) is 2.49. The van der Waals surface area contributed by atoms with Crippen molar-refractivity contribution in [2.75, 3.05) is 11.5 Å². The first-order chi connectivity index (χ1) is 6.75. The summed E-state index contributed by atoms with van der Waals surface area (Å²) in [5, 5.41) is 16.8. The standard InChI is InChI=1S/C8H13N5S/c1-13-7(10)11-12-8(13)14-6-4-2-3-5-9/h2-4,6H2,1H3,(H2,10,11). The molecular formula is C8H13N5S. The van der Waals surface area contributed by atoms with Gasteiger partial charge in [0.1, 0.15) is 0 Å². The summed E-state index contributed by atoms with van der Waals surface area (Å²) >= 11 is 1.62. The number of rotatable bonds is 5. The molecule has 0 unspecified atom stereocenters. The summed E-state index contributed by atoms with van der Waals surface area (Å²) in [7, 11) is 1.84. The van der Waals surface area contributed by atoms with Gasteiger partial charge in [-0.3, -0.25) is 4.57 Å². The van der Waals surface area contributed by atoms with Crippen molar-refractivity contribution in [1.29, 1.82) is 5.26 Å². The highest BCUT2D eigenvalue weighted by Crippen LogP contribution is 2.17. The maximum atomic E-state index is 8.33. The van der Waals surface area contributed by atoms with Gasteiger partial charge in [0.25, 0.3) is 0 Å². The molecule has 1 heterocycles. The van der Waals surface area contributed by atoms with Gasteiger partial charge in [0.2, 0.25) is 5.95 Å². The molecule has 0 fully saturated rings. The average molecular weight is 211 g/mol. The molecule has 5 nitrogen and oxygen atoms in total. The molecule has 76 valence electrons. The fraction of sp³-hybridized carbons (Fsp3) is 0.625. The predicted molar refractivity (Wildman–Crippen MR) is 55.6 cm³/mol. The smallest absolute Gasteiger partial charge is 0.222 e. The molecule has 0 aliphatic carbocycles. The summed E-state index contributed by atoms with van der Waals surface area (Å²) in [5.74, 6) is 1.39. The zero-order valence-corrected chi connectivity index (χ0v) is 8.92. The Morgan fingerprint density at radius 3 is 2.86 bits per heavy atom. The number of hydrogen-bond acceptors (Lipinski definition) is 5. The third kappa shape index (κ3) is 2.92. The highest BCUT2D eigenvalue weighted by atomic mass is 32.2. The largest absolute Gasteiger partial charge is 0.368 e. The van der Waals surface area contributed by atoms with Crippen molar-refractivity contribution in [3.05, 3.63) is 0 Å². The highest BCUT2D eigenvalue weighted by Gasteiger charge is 2.04. The van der Waals surface area contributed by atoms with Gasteiger partial charge in [-0.25, -0.2) is 0 Å². The molecule has 0 atom stereocenters. The van der Waals surface area contributed by atoms with E-state index in [4.69, 9.17) is 11.0 Å². The normalized spacial score (nSPS) is 10.0. The molecule has 0 saturated carbocycles. The molecule has 1 rings (SSSR count). The SMILES string of the molecule is Cn1c(N)nnc1SCCCCC#N. The van der Waals surface area contributed by atoms with Gasteiger partial charge in [-0.15, -0.1) is 10.2 Å². The highest BCUT2D eigenvalue weighted by molar-refractivity contribution is 7.99. The van der Waals surface area contributed by atoms with E-state index in [1.54, 1.807) is 16.3 Å². The van der Waals surface area contributed by atoms with Gasteiger partial charge in [-0.05, 0) is 12.8 Å². The summed E-state index contributed by atoms with van der Waals surface area (Å²) < 4.78 is 1.76. The van der Waals surface area contributed by atoms with Crippen LogP contribution in [0, 0.1) is 11.3 Å². The third-order valence-corrected chi connectivity index (χ3v) is 2.89. The fourth-order valence-corrected chi connectivity index (χ4v) is 1.84. The van der Waals surface area contributed by atoms with Crippen LogP contribution in [0.4, 0.5) is 5.95 Å². The van der Waals surface area contributed by atoms with Crippen LogP contribution >= 0.6 is 11.8 Å². The molecule has 0 aromatic carbocycles. The van der Waals surface area contributed by atoms with Crippen molar-refractivity contribution in [2.24, 2.45) is 7.05 Å². The van der Waals surface area contributed by atoms with E-state index in [1.165, 1.54) is 0 Å². The Morgan fingerprint density at radius 1 is 1.50 bits per heavy atom. The first-order valence-electron chi connectivity index (χ1n) is 4.40. The molecular weight excluding hydrogens is 198 g/mol. The molecule has 6 heteroatoms. The molecule has 0 aliphatic heterocycles. The lowest BCUT2D eigenvalue weighted by Crippen LogP contribution is -1.98. The summed E-state index contributed by atoms with van der Waals surface area (Å²) in [5.41, 5.74) is 5.53. The summed E-state index contributed by atoms with van der Waals surface area (Å²) in [6.07, 6.45) is 2.59. The number of thioether (sulfide) groups is 1. The Kier molecular flexibility index (Phi) is 4.26. The van der Waals surface area contributed by atoms with E-state index in [0.717, 1.165) is 23.8 Å². The number of anilines is 1. The van der Waals surface area contributed by atoms with Crippen LogP contribution in [0.3, 0.4) is 0 Å². The van der Waals surface area contributed by atoms with Gasteiger partial charge in [-0.1, -0.05) is 11.8 Å². The van der Waals surface area contributed by atoms with E-state index < -0.39 is 0 Å². The Balaban J connectivity index is 2.25. The predicted octanol–water partition coefficient (Wildman–Crippen LogP) is 1.18. The van der Waals surface area contributed by atoms with Crippen molar-refractivity contribution >= 4 is 17.7 Å².